The maximum atomic E-state index is 11.2. The van der Waals surface area contributed by atoms with Gasteiger partial charge in [0.2, 0.25) is 0 Å². The summed E-state index contributed by atoms with van der Waals surface area (Å²) in [6, 6.07) is 2.37. The molecule has 6 nitrogen and oxygen atoms in total. The minimum Gasteiger partial charge on any atom is -0.477 e. The molecule has 0 bridgehead atoms. The number of rotatable bonds is 4. The van der Waals surface area contributed by atoms with E-state index in [0.29, 0.717) is 12.2 Å². The molecule has 84 valence electrons. The summed E-state index contributed by atoms with van der Waals surface area (Å²) in [6.45, 7) is 3.80. The quantitative estimate of drug-likeness (QED) is 0.663. The molecule has 0 aliphatic heterocycles. The van der Waals surface area contributed by atoms with Crippen molar-refractivity contribution in [2.24, 2.45) is 0 Å². The van der Waals surface area contributed by atoms with Crippen LogP contribution in [0.5, 0.6) is 0 Å². The molecule has 0 aliphatic rings. The molecule has 1 heterocycles. The van der Waals surface area contributed by atoms with E-state index in [2.05, 4.69) is 22.2 Å². The first-order valence-corrected chi connectivity index (χ1v) is 4.48. The summed E-state index contributed by atoms with van der Waals surface area (Å²) in [6.07, 6.45) is 2.82. The van der Waals surface area contributed by atoms with Crippen LogP contribution < -0.4 is 10.6 Å². The lowest BCUT2D eigenvalue weighted by Crippen LogP contribution is -2.28. The van der Waals surface area contributed by atoms with Gasteiger partial charge in [-0.3, -0.25) is 0 Å². The Morgan fingerprint density at radius 3 is 2.75 bits per heavy atom. The van der Waals surface area contributed by atoms with Crippen LogP contribution in [0.15, 0.2) is 31.0 Å². The van der Waals surface area contributed by atoms with E-state index >= 15 is 0 Å². The second kappa shape index (κ2) is 5.50. The van der Waals surface area contributed by atoms with Crippen LogP contribution in [-0.2, 0) is 0 Å². The number of amides is 2. The normalized spacial score (nSPS) is 9.25. The number of aromatic nitrogens is 1. The van der Waals surface area contributed by atoms with E-state index in [0.717, 1.165) is 0 Å². The standard InChI is InChI=1S/C10H11N3O3/c1-2-5-11-10(16)13-7-3-4-8(9(14)15)12-6-7/h2-4,6H,1,5H2,(H,14,15)(H2,11,13,16). The third-order valence-corrected chi connectivity index (χ3v) is 1.65. The molecule has 6 heteroatoms. The number of aromatic carboxylic acids is 1. The van der Waals surface area contributed by atoms with Gasteiger partial charge in [-0.1, -0.05) is 6.08 Å². The van der Waals surface area contributed by atoms with Crippen LogP contribution >= 0.6 is 0 Å². The van der Waals surface area contributed by atoms with Crippen molar-refractivity contribution in [1.82, 2.24) is 10.3 Å². The Morgan fingerprint density at radius 1 is 1.50 bits per heavy atom. The van der Waals surface area contributed by atoms with Crippen LogP contribution in [0.3, 0.4) is 0 Å². The highest BCUT2D eigenvalue weighted by Gasteiger charge is 2.04. The third-order valence-electron chi connectivity index (χ3n) is 1.65. The van der Waals surface area contributed by atoms with Crippen LogP contribution in [0.4, 0.5) is 10.5 Å². The van der Waals surface area contributed by atoms with Crippen molar-refractivity contribution >= 4 is 17.7 Å². The lowest BCUT2D eigenvalue weighted by Gasteiger charge is -2.05. The molecular weight excluding hydrogens is 210 g/mol. The highest BCUT2D eigenvalue weighted by atomic mass is 16.4. The van der Waals surface area contributed by atoms with Gasteiger partial charge in [0, 0.05) is 6.54 Å². The minimum atomic E-state index is -1.11. The molecule has 1 aromatic heterocycles. The molecule has 1 aromatic rings. The fourth-order valence-corrected chi connectivity index (χ4v) is 0.934. The summed E-state index contributed by atoms with van der Waals surface area (Å²) in [5.41, 5.74) is 0.351. The number of anilines is 1. The van der Waals surface area contributed by atoms with E-state index in [-0.39, 0.29) is 5.69 Å². The van der Waals surface area contributed by atoms with Crippen molar-refractivity contribution in [3.05, 3.63) is 36.7 Å². The summed E-state index contributed by atoms with van der Waals surface area (Å²) in [5, 5.41) is 13.6. The SMILES string of the molecule is C=CCNC(=O)Nc1ccc(C(=O)O)nc1. The van der Waals surface area contributed by atoms with Crippen LogP contribution in [-0.4, -0.2) is 28.6 Å². The molecule has 0 radical (unpaired) electrons. The van der Waals surface area contributed by atoms with Gasteiger partial charge in [-0.25, -0.2) is 14.6 Å². The summed E-state index contributed by atoms with van der Waals surface area (Å²) < 4.78 is 0. The largest absolute Gasteiger partial charge is 0.477 e. The van der Waals surface area contributed by atoms with Gasteiger partial charge in [-0.15, -0.1) is 6.58 Å². The van der Waals surface area contributed by atoms with Gasteiger partial charge in [0.15, 0.2) is 0 Å². The zero-order valence-electron chi connectivity index (χ0n) is 8.43. The summed E-state index contributed by atoms with van der Waals surface area (Å²) in [7, 11) is 0. The van der Waals surface area contributed by atoms with Crippen molar-refractivity contribution in [2.45, 2.75) is 0 Å². The first-order valence-electron chi connectivity index (χ1n) is 4.48. The summed E-state index contributed by atoms with van der Waals surface area (Å²) >= 11 is 0. The number of carboxylic acid groups (broad SMARTS) is 1. The molecular formula is C10H11N3O3. The fourth-order valence-electron chi connectivity index (χ4n) is 0.934. The van der Waals surface area contributed by atoms with Gasteiger partial charge >= 0.3 is 12.0 Å². The average Bonchev–Trinajstić information content (AvgIpc) is 2.27. The maximum absolute atomic E-state index is 11.2. The molecule has 0 saturated carbocycles. The van der Waals surface area contributed by atoms with E-state index in [1.54, 1.807) is 6.08 Å². The molecule has 0 aliphatic carbocycles. The van der Waals surface area contributed by atoms with Crippen molar-refractivity contribution in [2.75, 3.05) is 11.9 Å². The number of carbonyl (C=O) groups excluding carboxylic acids is 1. The van der Waals surface area contributed by atoms with E-state index in [1.807, 2.05) is 0 Å². The number of carboxylic acids is 1. The Kier molecular flexibility index (Phi) is 4.02. The van der Waals surface area contributed by atoms with Gasteiger partial charge in [0.25, 0.3) is 0 Å². The van der Waals surface area contributed by atoms with Crippen molar-refractivity contribution in [3.8, 4) is 0 Å². The average molecular weight is 221 g/mol. The summed E-state index contributed by atoms with van der Waals surface area (Å²) in [4.78, 5) is 25.3. The second-order valence-corrected chi connectivity index (χ2v) is 2.86. The molecule has 0 unspecified atom stereocenters. The number of hydrogen-bond acceptors (Lipinski definition) is 3. The second-order valence-electron chi connectivity index (χ2n) is 2.86. The lowest BCUT2D eigenvalue weighted by molar-refractivity contribution is 0.0690. The lowest BCUT2D eigenvalue weighted by atomic mass is 10.3. The molecule has 0 saturated heterocycles. The number of urea groups is 1. The van der Waals surface area contributed by atoms with Crippen LogP contribution in [0, 0.1) is 0 Å². The minimum absolute atomic E-state index is 0.0722. The molecule has 0 fully saturated rings. The zero-order chi connectivity index (χ0) is 12.0. The van der Waals surface area contributed by atoms with Crippen molar-refractivity contribution < 1.29 is 14.7 Å². The number of hydrogen-bond donors (Lipinski definition) is 3. The highest BCUT2D eigenvalue weighted by Crippen LogP contribution is 2.05. The predicted octanol–water partition coefficient (Wildman–Crippen LogP) is 1.09. The Balaban J connectivity index is 2.58. The van der Waals surface area contributed by atoms with E-state index < -0.39 is 12.0 Å². The Hall–Kier alpha value is -2.37. The number of nitrogens with one attached hydrogen (secondary N) is 2. The molecule has 2 amide bonds. The van der Waals surface area contributed by atoms with Gasteiger partial charge < -0.3 is 15.7 Å². The zero-order valence-corrected chi connectivity index (χ0v) is 8.43. The number of nitrogens with zero attached hydrogens (tertiary/aromatic N) is 1. The summed E-state index contributed by atoms with van der Waals surface area (Å²) in [5.74, 6) is -1.11. The maximum Gasteiger partial charge on any atom is 0.354 e. The smallest absolute Gasteiger partial charge is 0.354 e. The van der Waals surface area contributed by atoms with Crippen LogP contribution in [0.1, 0.15) is 10.5 Å². The van der Waals surface area contributed by atoms with Gasteiger partial charge in [0.1, 0.15) is 5.69 Å². The first kappa shape index (κ1) is 11.7. The molecule has 0 atom stereocenters. The Morgan fingerprint density at radius 2 is 2.25 bits per heavy atom. The van der Waals surface area contributed by atoms with E-state index in [1.165, 1.54) is 18.3 Å². The van der Waals surface area contributed by atoms with Gasteiger partial charge in [0.05, 0.1) is 11.9 Å². The molecule has 0 spiro atoms. The molecule has 3 N–H and O–H groups in total. The third kappa shape index (κ3) is 3.41. The molecule has 0 aromatic carbocycles. The fraction of sp³-hybridized carbons (Fsp3) is 0.100. The number of pyridine rings is 1. The molecule has 1 rings (SSSR count). The van der Waals surface area contributed by atoms with Crippen molar-refractivity contribution in [1.29, 1.82) is 0 Å². The Labute approximate surface area is 92.0 Å². The van der Waals surface area contributed by atoms with Crippen LogP contribution in [0.2, 0.25) is 0 Å². The highest BCUT2D eigenvalue weighted by molar-refractivity contribution is 5.90. The van der Waals surface area contributed by atoms with Gasteiger partial charge in [-0.05, 0) is 12.1 Å². The predicted molar refractivity (Wildman–Crippen MR) is 58.4 cm³/mol. The number of carbonyl (C=O) groups is 2. The Bertz CT molecular complexity index is 400. The van der Waals surface area contributed by atoms with E-state index in [9.17, 15) is 9.59 Å². The van der Waals surface area contributed by atoms with E-state index in [4.69, 9.17) is 5.11 Å². The van der Waals surface area contributed by atoms with Gasteiger partial charge in [-0.2, -0.15) is 0 Å². The van der Waals surface area contributed by atoms with Crippen LogP contribution in [0.25, 0.3) is 0 Å². The van der Waals surface area contributed by atoms with Crippen molar-refractivity contribution in [3.63, 3.8) is 0 Å². The monoisotopic (exact) mass is 221 g/mol. The first-order chi connectivity index (χ1) is 7.63. The molecule has 16 heavy (non-hydrogen) atoms. The topological polar surface area (TPSA) is 91.3 Å².